The Kier molecular flexibility index (Phi) is 7.94. The van der Waals surface area contributed by atoms with Crippen LogP contribution in [0, 0.1) is 0 Å². The fourth-order valence-corrected chi connectivity index (χ4v) is 11.3. The number of nitrogens with one attached hydrogen (secondary N) is 1. The molecule has 6 aliphatic rings. The molecule has 5 nitrogen and oxygen atoms in total. The van der Waals surface area contributed by atoms with Crippen LogP contribution in [0.25, 0.3) is 50.5 Å². The number of fused-ring (bicyclic) bond motifs is 10. The third-order valence-electron chi connectivity index (χ3n) is 14.0. The number of nitrogens with zero attached hydrogens (tertiary/aromatic N) is 3. The number of aromatic nitrogens is 2. The van der Waals surface area contributed by atoms with E-state index in [1.165, 1.54) is 77.6 Å². The van der Waals surface area contributed by atoms with Crippen molar-refractivity contribution in [3.05, 3.63) is 201 Å². The zero-order chi connectivity index (χ0) is 40.0. The van der Waals surface area contributed by atoms with Gasteiger partial charge in [-0.1, -0.05) is 115 Å². The quantitative estimate of drug-likeness (QED) is 0.189. The van der Waals surface area contributed by atoms with Crippen LogP contribution in [0.3, 0.4) is 0 Å². The molecule has 3 aromatic heterocycles. The second kappa shape index (κ2) is 13.9. The second-order valence-electron chi connectivity index (χ2n) is 17.4. The molecule has 0 radical (unpaired) electrons. The molecule has 7 aromatic rings. The first-order chi connectivity index (χ1) is 30.3. The number of anilines is 1. The smallest absolute Gasteiger partial charge is 0.201 e. The van der Waals surface area contributed by atoms with Gasteiger partial charge in [-0.3, -0.25) is 0 Å². The lowest BCUT2D eigenvalue weighted by molar-refractivity contribution is 0.575. The van der Waals surface area contributed by atoms with E-state index in [-0.39, 0.29) is 6.29 Å². The number of furan rings is 1. The molecular weight excluding hydrogens is 745 g/mol. The molecule has 2 atom stereocenters. The van der Waals surface area contributed by atoms with Crippen LogP contribution in [0.2, 0.25) is 0 Å². The molecule has 0 saturated carbocycles. The zero-order valence-electron chi connectivity index (χ0n) is 34.2. The van der Waals surface area contributed by atoms with Crippen molar-refractivity contribution in [1.29, 1.82) is 0 Å². The Hall–Kier alpha value is -6.85. The molecule has 296 valence electrons. The van der Waals surface area contributed by atoms with Gasteiger partial charge < -0.3 is 18.9 Å². The molecule has 61 heavy (non-hydrogen) atoms. The Bertz CT molecular complexity index is 3270. The number of hydrogen-bond donors (Lipinski definition) is 1. The molecule has 13 rings (SSSR count). The largest absolute Gasteiger partial charge is 0.455 e. The number of para-hydroxylation sites is 4. The van der Waals surface area contributed by atoms with Crippen LogP contribution in [-0.2, 0) is 19.3 Å². The summed E-state index contributed by atoms with van der Waals surface area (Å²) in [5, 5.41) is 7.75. The van der Waals surface area contributed by atoms with E-state index in [2.05, 4.69) is 166 Å². The molecule has 5 heteroatoms. The highest BCUT2D eigenvalue weighted by molar-refractivity contribution is 6.22. The van der Waals surface area contributed by atoms with Gasteiger partial charge in [0.25, 0.3) is 0 Å². The fourth-order valence-electron chi connectivity index (χ4n) is 11.3. The van der Waals surface area contributed by atoms with Gasteiger partial charge in [0, 0.05) is 72.1 Å². The lowest BCUT2D eigenvalue weighted by atomic mass is 9.85. The molecule has 2 unspecified atom stereocenters. The first-order valence-electron chi connectivity index (χ1n) is 22.3. The Morgan fingerprint density at radius 3 is 2.11 bits per heavy atom. The minimum Gasteiger partial charge on any atom is -0.455 e. The molecule has 0 saturated heterocycles. The van der Waals surface area contributed by atoms with Crippen LogP contribution >= 0.6 is 0 Å². The number of rotatable bonds is 5. The molecule has 0 amide bonds. The van der Waals surface area contributed by atoms with E-state index in [0.717, 1.165) is 91.7 Å². The van der Waals surface area contributed by atoms with Crippen molar-refractivity contribution in [3.63, 3.8) is 0 Å². The van der Waals surface area contributed by atoms with Crippen LogP contribution in [-0.4, -0.2) is 14.8 Å². The number of aliphatic imine (C=N–C) groups is 1. The molecule has 5 aliphatic carbocycles. The highest BCUT2D eigenvalue weighted by Crippen LogP contribution is 2.45. The van der Waals surface area contributed by atoms with Crippen LogP contribution in [0.4, 0.5) is 5.69 Å². The Morgan fingerprint density at radius 2 is 1.34 bits per heavy atom. The lowest BCUT2D eigenvalue weighted by Crippen LogP contribution is -2.26. The van der Waals surface area contributed by atoms with Crippen LogP contribution < -0.4 is 5.32 Å². The van der Waals surface area contributed by atoms with Gasteiger partial charge in [-0.15, -0.1) is 0 Å². The zero-order valence-corrected chi connectivity index (χ0v) is 34.2. The van der Waals surface area contributed by atoms with E-state index in [1.807, 2.05) is 0 Å². The number of aryl methyl sites for hydroxylation is 1. The van der Waals surface area contributed by atoms with Gasteiger partial charge in [0.2, 0.25) is 6.29 Å². The number of allylic oxidation sites excluding steroid dienone is 12. The molecule has 0 fully saturated rings. The van der Waals surface area contributed by atoms with E-state index in [9.17, 15) is 0 Å². The predicted octanol–water partition coefficient (Wildman–Crippen LogP) is 13.8. The third kappa shape index (κ3) is 5.42. The van der Waals surface area contributed by atoms with Crippen molar-refractivity contribution in [2.45, 2.75) is 70.1 Å². The Labute approximate surface area is 355 Å². The van der Waals surface area contributed by atoms with Gasteiger partial charge >= 0.3 is 0 Å². The standard InChI is InChI=1S/C56H46N4O/c1-3-15-35(16-4-1)39-22-13-23-42-43-24-14-25-45(55(43)61-54(39)42)53-44-21-7-10-26-48(44)57-56(58-53)60-50-28-12-9-20-41(50)47-34-37(30-32-52(47)60)36-29-31-51-46(33-36)40-19-8-11-27-49(40)59(51)38-17-5-2-6-18-38/h2-3,5-12,14-17,19-22,24-28,33-34,38,56-57H,1,4,13,18,23,29-32H2. The summed E-state index contributed by atoms with van der Waals surface area (Å²) in [5.74, 6) is 1.02. The molecule has 0 spiro atoms. The molecule has 1 aliphatic heterocycles. The summed E-state index contributed by atoms with van der Waals surface area (Å²) in [7, 11) is 0. The summed E-state index contributed by atoms with van der Waals surface area (Å²) >= 11 is 0. The maximum atomic E-state index is 7.02. The van der Waals surface area contributed by atoms with Gasteiger partial charge in [0.1, 0.15) is 11.3 Å². The number of hydrogen-bond acceptors (Lipinski definition) is 3. The van der Waals surface area contributed by atoms with Crippen LogP contribution in [0.15, 0.2) is 166 Å². The molecule has 0 bridgehead atoms. The summed E-state index contributed by atoms with van der Waals surface area (Å²) in [5.41, 5.74) is 20.0. The first kappa shape index (κ1) is 35.0. The van der Waals surface area contributed by atoms with Crippen LogP contribution in [0.5, 0.6) is 0 Å². The third-order valence-corrected chi connectivity index (χ3v) is 14.0. The molecule has 4 heterocycles. The average molecular weight is 791 g/mol. The van der Waals surface area contributed by atoms with Crippen molar-refractivity contribution in [2.24, 2.45) is 4.99 Å². The first-order valence-corrected chi connectivity index (χ1v) is 22.3. The van der Waals surface area contributed by atoms with Gasteiger partial charge in [-0.25, -0.2) is 4.99 Å². The average Bonchev–Trinajstić information content (AvgIpc) is 3.99. The molecule has 4 aromatic carbocycles. The highest BCUT2D eigenvalue weighted by atomic mass is 16.3. The van der Waals surface area contributed by atoms with Gasteiger partial charge in [-0.05, 0) is 111 Å². The van der Waals surface area contributed by atoms with E-state index in [1.54, 1.807) is 0 Å². The summed E-state index contributed by atoms with van der Waals surface area (Å²) in [6.07, 6.45) is 32.3. The Morgan fingerprint density at radius 1 is 0.623 bits per heavy atom. The van der Waals surface area contributed by atoms with Crippen molar-refractivity contribution in [2.75, 3.05) is 5.32 Å². The van der Waals surface area contributed by atoms with E-state index >= 15 is 0 Å². The molecule has 1 N–H and O–H groups in total. The van der Waals surface area contributed by atoms with E-state index in [4.69, 9.17) is 9.41 Å². The molecular formula is C56H46N4O. The minimum absolute atomic E-state index is 0.326. The lowest BCUT2D eigenvalue weighted by Gasteiger charge is -2.30. The topological polar surface area (TPSA) is 47.4 Å². The number of benzene rings is 4. The van der Waals surface area contributed by atoms with Crippen LogP contribution in [0.1, 0.15) is 95.8 Å². The summed E-state index contributed by atoms with van der Waals surface area (Å²) in [4.78, 5) is 5.69. The summed E-state index contributed by atoms with van der Waals surface area (Å²) < 4.78 is 12.1. The van der Waals surface area contributed by atoms with E-state index < -0.39 is 0 Å². The normalized spacial score (nSPS) is 20.3. The fraction of sp³-hybridized carbons (Fsp3) is 0.196. The monoisotopic (exact) mass is 790 g/mol. The highest BCUT2D eigenvalue weighted by Gasteiger charge is 2.32. The van der Waals surface area contributed by atoms with E-state index in [0.29, 0.717) is 6.04 Å². The maximum Gasteiger partial charge on any atom is 0.201 e. The maximum absolute atomic E-state index is 7.02. The van der Waals surface area contributed by atoms with Crippen molar-refractivity contribution in [3.8, 4) is 0 Å². The SMILES string of the molecule is C1=CCC(n2c3c(c4ccccc42)C=C(C2=Cc4c(n(C5N=C(c6cccc7c8c(oc67)C(C6=CCCC=C6)=CCC8)c6ccccc6N5)c5ccccc45)CC2)CC3)C=C1. The van der Waals surface area contributed by atoms with Crippen molar-refractivity contribution < 1.29 is 4.42 Å². The van der Waals surface area contributed by atoms with Gasteiger partial charge in [0.15, 0.2) is 0 Å². The predicted molar refractivity (Wildman–Crippen MR) is 252 cm³/mol. The van der Waals surface area contributed by atoms with Gasteiger partial charge in [-0.2, -0.15) is 0 Å². The Balaban J connectivity index is 0.926. The van der Waals surface area contributed by atoms with Gasteiger partial charge in [0.05, 0.1) is 17.3 Å². The van der Waals surface area contributed by atoms with Crippen molar-refractivity contribution in [1.82, 2.24) is 9.13 Å². The second-order valence-corrected chi connectivity index (χ2v) is 17.4. The van der Waals surface area contributed by atoms with Crippen molar-refractivity contribution >= 4 is 61.9 Å². The summed E-state index contributed by atoms with van der Waals surface area (Å²) in [6, 6.07) is 33.6. The summed E-state index contributed by atoms with van der Waals surface area (Å²) in [6.45, 7) is 0. The minimum atomic E-state index is -0.326.